The molecule has 6 unspecified atom stereocenters. The molecule has 0 saturated heterocycles. The summed E-state index contributed by atoms with van der Waals surface area (Å²) in [6, 6.07) is 1.74. The Kier molecular flexibility index (Phi) is 10.8. The number of aromatic amines is 1. The van der Waals surface area contributed by atoms with Gasteiger partial charge >= 0.3 is 11.9 Å². The lowest BCUT2D eigenvalue weighted by molar-refractivity contribution is -0.144. The Bertz CT molecular complexity index is 1160. The van der Waals surface area contributed by atoms with Gasteiger partial charge in [0.15, 0.2) is 0 Å². The van der Waals surface area contributed by atoms with Gasteiger partial charge in [-0.3, -0.25) is 19.2 Å². The molecule has 0 aliphatic heterocycles. The zero-order valence-electron chi connectivity index (χ0n) is 21.4. The molecule has 0 aliphatic rings. The van der Waals surface area contributed by atoms with Gasteiger partial charge in [0.25, 0.3) is 0 Å². The molecule has 1 aromatic carbocycles. The molecule has 2 rings (SSSR count). The van der Waals surface area contributed by atoms with Crippen LogP contribution in [0.5, 0.6) is 0 Å². The minimum atomic E-state index is -1.56. The third-order valence-electron chi connectivity index (χ3n) is 6.30. The number of nitrogens with two attached hydrogens (primary N) is 1. The van der Waals surface area contributed by atoms with Gasteiger partial charge in [-0.15, -0.1) is 0 Å². The molecule has 3 amide bonds. The summed E-state index contributed by atoms with van der Waals surface area (Å²) >= 11 is 0. The van der Waals surface area contributed by atoms with Crippen molar-refractivity contribution < 1.29 is 39.3 Å². The zero-order chi connectivity index (χ0) is 28.6. The van der Waals surface area contributed by atoms with E-state index < -0.39 is 72.3 Å². The molecular formula is C25H35N5O8. The van der Waals surface area contributed by atoms with E-state index in [1.165, 1.54) is 6.92 Å². The normalized spacial score (nSPS) is 15.9. The van der Waals surface area contributed by atoms with E-state index in [9.17, 15) is 34.2 Å². The molecule has 38 heavy (non-hydrogen) atoms. The number of carbonyl (C=O) groups excluding carboxylic acids is 3. The van der Waals surface area contributed by atoms with Crippen molar-refractivity contribution in [2.75, 3.05) is 0 Å². The quantitative estimate of drug-likeness (QED) is 0.156. The Hall–Kier alpha value is -3.97. The van der Waals surface area contributed by atoms with Crippen LogP contribution >= 0.6 is 0 Å². The molecule has 0 fully saturated rings. The summed E-state index contributed by atoms with van der Waals surface area (Å²) in [4.78, 5) is 64.5. The number of para-hydroxylation sites is 1. The summed E-state index contributed by atoms with van der Waals surface area (Å²) in [6.45, 7) is 4.68. The van der Waals surface area contributed by atoms with Crippen LogP contribution in [0.1, 0.15) is 39.2 Å². The number of aliphatic hydroxyl groups excluding tert-OH is 1. The number of aliphatic carboxylic acids is 2. The van der Waals surface area contributed by atoms with Gasteiger partial charge < -0.3 is 42.0 Å². The van der Waals surface area contributed by atoms with Crippen molar-refractivity contribution in [2.24, 2.45) is 11.7 Å². The average Bonchev–Trinajstić information content (AvgIpc) is 3.26. The molecule has 0 bridgehead atoms. The Morgan fingerprint density at radius 2 is 1.58 bits per heavy atom. The maximum absolute atomic E-state index is 13.3. The summed E-state index contributed by atoms with van der Waals surface area (Å²) in [5.41, 5.74) is 7.01. The van der Waals surface area contributed by atoms with Crippen molar-refractivity contribution in [3.8, 4) is 0 Å². The highest BCUT2D eigenvalue weighted by Gasteiger charge is 2.34. The predicted molar refractivity (Wildman–Crippen MR) is 137 cm³/mol. The third kappa shape index (κ3) is 8.02. The van der Waals surface area contributed by atoms with Crippen LogP contribution in [0.25, 0.3) is 10.9 Å². The second kappa shape index (κ2) is 13.5. The van der Waals surface area contributed by atoms with Crippen LogP contribution in [0, 0.1) is 5.92 Å². The highest BCUT2D eigenvalue weighted by molar-refractivity contribution is 5.95. The lowest BCUT2D eigenvalue weighted by atomic mass is 9.97. The number of hydrogen-bond acceptors (Lipinski definition) is 7. The van der Waals surface area contributed by atoms with E-state index in [0.29, 0.717) is 12.0 Å². The fourth-order valence-corrected chi connectivity index (χ4v) is 3.87. The Morgan fingerprint density at radius 1 is 0.947 bits per heavy atom. The molecule has 13 nitrogen and oxygen atoms in total. The van der Waals surface area contributed by atoms with Crippen LogP contribution in [0.15, 0.2) is 30.5 Å². The average molecular weight is 534 g/mol. The molecule has 0 radical (unpaired) electrons. The third-order valence-corrected chi connectivity index (χ3v) is 6.30. The first-order valence-electron chi connectivity index (χ1n) is 12.2. The fraction of sp³-hybridized carbons (Fsp3) is 0.480. The first-order valence-corrected chi connectivity index (χ1v) is 12.2. The number of H-pyrrole nitrogens is 1. The highest BCUT2D eigenvalue weighted by atomic mass is 16.4. The number of nitrogens with one attached hydrogen (secondary N) is 4. The summed E-state index contributed by atoms with van der Waals surface area (Å²) in [5.74, 6) is -5.64. The van der Waals surface area contributed by atoms with E-state index >= 15 is 0 Å². The van der Waals surface area contributed by atoms with Gasteiger partial charge in [-0.2, -0.15) is 0 Å². The first kappa shape index (κ1) is 30.3. The standard InChI is InChI=1S/C25H35N5O8/c1-4-12(2)20(25(37)38)29-23(35)18(9-14-11-27-17-8-6-5-7-15(14)17)28-24(36)21(13(3)31)30-22(34)16(26)10-19(32)33/h5-8,11-13,16,18,20-21,27,31H,4,9-10,26H2,1-3H3,(H,28,36)(H,29,35)(H,30,34)(H,32,33)(H,37,38). The minimum absolute atomic E-state index is 0.0343. The Morgan fingerprint density at radius 3 is 2.16 bits per heavy atom. The molecule has 0 aliphatic carbocycles. The van der Waals surface area contributed by atoms with Crippen molar-refractivity contribution in [2.45, 2.75) is 70.3 Å². The topological polar surface area (TPSA) is 224 Å². The van der Waals surface area contributed by atoms with Gasteiger partial charge in [0, 0.05) is 23.5 Å². The molecule has 9 N–H and O–H groups in total. The van der Waals surface area contributed by atoms with Gasteiger partial charge in [0.2, 0.25) is 17.7 Å². The Labute approximate surface area is 219 Å². The van der Waals surface area contributed by atoms with Crippen molar-refractivity contribution in [3.05, 3.63) is 36.0 Å². The molecule has 2 aromatic rings. The van der Waals surface area contributed by atoms with Crippen LogP contribution in [-0.4, -0.2) is 80.2 Å². The molecule has 1 aromatic heterocycles. The van der Waals surface area contributed by atoms with E-state index in [1.54, 1.807) is 26.1 Å². The van der Waals surface area contributed by atoms with Crippen LogP contribution in [0.4, 0.5) is 0 Å². The highest BCUT2D eigenvalue weighted by Crippen LogP contribution is 2.19. The number of carboxylic acid groups (broad SMARTS) is 2. The summed E-state index contributed by atoms with van der Waals surface area (Å²) in [5, 5.41) is 36.6. The summed E-state index contributed by atoms with van der Waals surface area (Å²) < 4.78 is 0. The second-order valence-electron chi connectivity index (χ2n) is 9.27. The predicted octanol–water partition coefficient (Wildman–Crippen LogP) is -0.522. The van der Waals surface area contributed by atoms with Gasteiger partial charge in [0.1, 0.15) is 18.1 Å². The number of amides is 3. The Balaban J connectivity index is 2.32. The van der Waals surface area contributed by atoms with Crippen molar-refractivity contribution in [1.29, 1.82) is 0 Å². The van der Waals surface area contributed by atoms with Crippen LogP contribution in [0.2, 0.25) is 0 Å². The minimum Gasteiger partial charge on any atom is -0.481 e. The molecule has 208 valence electrons. The molecule has 13 heteroatoms. The maximum Gasteiger partial charge on any atom is 0.326 e. The maximum atomic E-state index is 13.3. The van der Waals surface area contributed by atoms with Gasteiger partial charge in [-0.1, -0.05) is 38.5 Å². The molecule has 0 spiro atoms. The number of benzene rings is 1. The number of carbonyl (C=O) groups is 5. The lowest BCUT2D eigenvalue weighted by Crippen LogP contribution is -2.60. The largest absolute Gasteiger partial charge is 0.481 e. The summed E-state index contributed by atoms with van der Waals surface area (Å²) in [7, 11) is 0. The number of rotatable bonds is 14. The number of aromatic nitrogens is 1. The number of carboxylic acids is 2. The lowest BCUT2D eigenvalue weighted by Gasteiger charge is -2.27. The van der Waals surface area contributed by atoms with Gasteiger partial charge in [-0.05, 0) is 24.5 Å². The van der Waals surface area contributed by atoms with E-state index in [1.807, 2.05) is 18.2 Å². The first-order chi connectivity index (χ1) is 17.8. The molecule has 6 atom stereocenters. The number of hydrogen-bond donors (Lipinski definition) is 8. The number of aliphatic hydroxyl groups is 1. The van der Waals surface area contributed by atoms with Crippen molar-refractivity contribution in [1.82, 2.24) is 20.9 Å². The fourth-order valence-electron chi connectivity index (χ4n) is 3.87. The van der Waals surface area contributed by atoms with E-state index in [-0.39, 0.29) is 6.42 Å². The molecular weight excluding hydrogens is 498 g/mol. The van der Waals surface area contributed by atoms with Crippen molar-refractivity contribution in [3.63, 3.8) is 0 Å². The zero-order valence-corrected chi connectivity index (χ0v) is 21.4. The van der Waals surface area contributed by atoms with Crippen LogP contribution in [-0.2, 0) is 30.4 Å². The van der Waals surface area contributed by atoms with Gasteiger partial charge in [0.05, 0.1) is 18.6 Å². The van der Waals surface area contributed by atoms with E-state index in [0.717, 1.165) is 10.9 Å². The van der Waals surface area contributed by atoms with E-state index in [2.05, 4.69) is 20.9 Å². The second-order valence-corrected chi connectivity index (χ2v) is 9.27. The van der Waals surface area contributed by atoms with Crippen LogP contribution < -0.4 is 21.7 Å². The van der Waals surface area contributed by atoms with Crippen LogP contribution in [0.3, 0.4) is 0 Å². The van der Waals surface area contributed by atoms with E-state index in [4.69, 9.17) is 10.8 Å². The number of fused-ring (bicyclic) bond motifs is 1. The smallest absolute Gasteiger partial charge is 0.326 e. The monoisotopic (exact) mass is 533 g/mol. The molecule has 1 heterocycles. The SMILES string of the molecule is CCC(C)C(NC(=O)C(Cc1c[nH]c2ccccc12)NC(=O)C(NC(=O)C(N)CC(=O)O)C(C)O)C(=O)O. The van der Waals surface area contributed by atoms with Crippen molar-refractivity contribution >= 4 is 40.6 Å². The molecule has 0 saturated carbocycles. The van der Waals surface area contributed by atoms with Gasteiger partial charge in [-0.25, -0.2) is 4.79 Å². The summed E-state index contributed by atoms with van der Waals surface area (Å²) in [6.07, 6.45) is -0.0202.